The summed E-state index contributed by atoms with van der Waals surface area (Å²) in [5.41, 5.74) is 6.22. The highest BCUT2D eigenvalue weighted by Gasteiger charge is 2.41. The average Bonchev–Trinajstić information content (AvgIpc) is 3.25. The Balaban J connectivity index is 1.96. The first kappa shape index (κ1) is 13.7. The highest BCUT2D eigenvalue weighted by molar-refractivity contribution is 8.00. The maximum absolute atomic E-state index is 11.9. The summed E-state index contributed by atoms with van der Waals surface area (Å²) in [6.45, 7) is 0.663. The van der Waals surface area contributed by atoms with Gasteiger partial charge in [-0.3, -0.25) is 9.78 Å². The number of carbonyl (C=O) groups excluding carboxylic acids is 1. The van der Waals surface area contributed by atoms with E-state index in [-0.39, 0.29) is 16.5 Å². The van der Waals surface area contributed by atoms with E-state index in [1.54, 1.807) is 23.9 Å². The van der Waals surface area contributed by atoms with Gasteiger partial charge in [-0.05, 0) is 31.2 Å². The van der Waals surface area contributed by atoms with Gasteiger partial charge in [-0.15, -0.1) is 0 Å². The normalized spacial score (nSPS) is 17.0. The van der Waals surface area contributed by atoms with Gasteiger partial charge in [0.1, 0.15) is 5.69 Å². The zero-order chi connectivity index (χ0) is 13.9. The van der Waals surface area contributed by atoms with Crippen molar-refractivity contribution in [3.63, 3.8) is 0 Å². The smallest absolute Gasteiger partial charge is 0.269 e. The molecule has 1 heterocycles. The van der Waals surface area contributed by atoms with E-state index in [0.29, 0.717) is 17.8 Å². The number of nitrogens with zero attached hydrogens (tertiary/aromatic N) is 2. The molecule has 6 nitrogen and oxygen atoms in total. The van der Waals surface area contributed by atoms with Crippen LogP contribution in [0.3, 0.4) is 0 Å². The minimum absolute atomic E-state index is 0.0289. The van der Waals surface area contributed by atoms with E-state index in [4.69, 9.17) is 10.9 Å². The van der Waals surface area contributed by atoms with E-state index < -0.39 is 0 Å². The summed E-state index contributed by atoms with van der Waals surface area (Å²) in [6.07, 6.45) is 5.75. The predicted molar refractivity (Wildman–Crippen MR) is 74.6 cm³/mol. The molecular weight excluding hydrogens is 264 g/mol. The van der Waals surface area contributed by atoms with Crippen LogP contribution < -0.4 is 11.1 Å². The molecule has 0 bridgehead atoms. The Labute approximate surface area is 115 Å². The van der Waals surface area contributed by atoms with Crippen molar-refractivity contribution in [2.45, 2.75) is 17.6 Å². The second-order valence-electron chi connectivity index (χ2n) is 4.49. The van der Waals surface area contributed by atoms with Gasteiger partial charge in [0.15, 0.2) is 5.84 Å². The topological polar surface area (TPSA) is 101 Å². The largest absolute Gasteiger partial charge is 0.409 e. The number of hydrogen-bond acceptors (Lipinski definition) is 5. The van der Waals surface area contributed by atoms with E-state index in [2.05, 4.69) is 21.7 Å². The van der Waals surface area contributed by atoms with Crippen LogP contribution in [0.2, 0.25) is 0 Å². The SMILES string of the molecule is CSC1(CNC(=O)c2ccc(/C(N)=N/O)cn2)CC1. The summed E-state index contributed by atoms with van der Waals surface area (Å²) in [6, 6.07) is 3.15. The first-order valence-electron chi connectivity index (χ1n) is 5.87. The molecule has 19 heavy (non-hydrogen) atoms. The molecule has 1 saturated carbocycles. The van der Waals surface area contributed by atoms with Crippen LogP contribution >= 0.6 is 11.8 Å². The second-order valence-corrected chi connectivity index (χ2v) is 5.76. The Morgan fingerprint density at radius 3 is 2.84 bits per heavy atom. The summed E-state index contributed by atoms with van der Waals surface area (Å²) in [5.74, 6) is -0.231. The monoisotopic (exact) mass is 280 g/mol. The van der Waals surface area contributed by atoms with Crippen molar-refractivity contribution in [3.05, 3.63) is 29.6 Å². The molecule has 2 rings (SSSR count). The zero-order valence-electron chi connectivity index (χ0n) is 10.6. The lowest BCUT2D eigenvalue weighted by Crippen LogP contribution is -2.32. The predicted octanol–water partition coefficient (Wildman–Crippen LogP) is 0.802. The standard InChI is InChI=1S/C12H16N4O2S/c1-19-12(4-5-12)7-15-11(17)9-3-2-8(6-14-9)10(13)16-18/h2-3,6,18H,4-5,7H2,1H3,(H2,13,16)(H,15,17). The number of nitrogens with one attached hydrogen (secondary N) is 1. The third-order valence-corrected chi connectivity index (χ3v) is 4.63. The van der Waals surface area contributed by atoms with Crippen LogP contribution in [0, 0.1) is 0 Å². The lowest BCUT2D eigenvalue weighted by atomic mass is 10.2. The minimum atomic E-state index is -0.202. The first-order chi connectivity index (χ1) is 9.10. The zero-order valence-corrected chi connectivity index (χ0v) is 11.4. The molecular formula is C12H16N4O2S. The number of thioether (sulfide) groups is 1. The van der Waals surface area contributed by atoms with Crippen molar-refractivity contribution in [1.29, 1.82) is 0 Å². The molecule has 102 valence electrons. The molecule has 0 spiro atoms. The molecule has 0 aliphatic heterocycles. The summed E-state index contributed by atoms with van der Waals surface area (Å²) >= 11 is 1.79. The number of amidine groups is 1. The molecule has 7 heteroatoms. The van der Waals surface area contributed by atoms with E-state index >= 15 is 0 Å². The van der Waals surface area contributed by atoms with Gasteiger partial charge in [-0.2, -0.15) is 11.8 Å². The molecule has 0 unspecified atom stereocenters. The van der Waals surface area contributed by atoms with Gasteiger partial charge in [-0.1, -0.05) is 5.16 Å². The van der Waals surface area contributed by atoms with Crippen molar-refractivity contribution in [1.82, 2.24) is 10.3 Å². The fourth-order valence-electron chi connectivity index (χ4n) is 1.66. The third kappa shape index (κ3) is 3.17. The number of amides is 1. The minimum Gasteiger partial charge on any atom is -0.409 e. The average molecular weight is 280 g/mol. The maximum atomic E-state index is 11.9. The van der Waals surface area contributed by atoms with Gasteiger partial charge in [0.25, 0.3) is 5.91 Å². The van der Waals surface area contributed by atoms with Gasteiger partial charge < -0.3 is 16.3 Å². The van der Waals surface area contributed by atoms with Gasteiger partial charge in [-0.25, -0.2) is 0 Å². The van der Waals surface area contributed by atoms with Crippen LogP contribution in [-0.4, -0.2) is 39.5 Å². The quantitative estimate of drug-likeness (QED) is 0.320. The van der Waals surface area contributed by atoms with Gasteiger partial charge in [0.2, 0.25) is 0 Å². The van der Waals surface area contributed by atoms with E-state index in [1.807, 2.05) is 0 Å². The summed E-state index contributed by atoms with van der Waals surface area (Å²) < 4.78 is 0.226. The molecule has 0 atom stereocenters. The van der Waals surface area contributed by atoms with Crippen LogP contribution in [-0.2, 0) is 0 Å². The molecule has 1 aromatic heterocycles. The van der Waals surface area contributed by atoms with E-state index in [9.17, 15) is 4.79 Å². The number of oxime groups is 1. The van der Waals surface area contributed by atoms with Crippen LogP contribution in [0.1, 0.15) is 28.9 Å². The molecule has 0 radical (unpaired) electrons. The van der Waals surface area contributed by atoms with Crippen molar-refractivity contribution >= 4 is 23.5 Å². The van der Waals surface area contributed by atoms with Crippen LogP contribution in [0.25, 0.3) is 0 Å². The van der Waals surface area contributed by atoms with Crippen molar-refractivity contribution in [2.24, 2.45) is 10.9 Å². The Hall–Kier alpha value is -1.76. The van der Waals surface area contributed by atoms with Gasteiger partial charge in [0, 0.05) is 23.1 Å². The number of carbonyl (C=O) groups is 1. The first-order valence-corrected chi connectivity index (χ1v) is 7.10. The van der Waals surface area contributed by atoms with E-state index in [1.165, 1.54) is 6.20 Å². The second kappa shape index (κ2) is 5.48. The fourth-order valence-corrected chi connectivity index (χ4v) is 2.39. The van der Waals surface area contributed by atoms with Gasteiger partial charge >= 0.3 is 0 Å². The van der Waals surface area contributed by atoms with E-state index in [0.717, 1.165) is 12.8 Å². The molecule has 0 aromatic carbocycles. The molecule has 0 saturated heterocycles. The Kier molecular flexibility index (Phi) is 3.94. The molecule has 4 N–H and O–H groups in total. The van der Waals surface area contributed by atoms with Crippen LogP contribution in [0.4, 0.5) is 0 Å². The third-order valence-electron chi connectivity index (χ3n) is 3.21. The molecule has 1 aromatic rings. The highest BCUT2D eigenvalue weighted by atomic mass is 32.2. The molecule has 1 aliphatic rings. The summed E-state index contributed by atoms with van der Waals surface area (Å²) in [5, 5.41) is 14.3. The summed E-state index contributed by atoms with van der Waals surface area (Å²) in [4.78, 5) is 15.9. The van der Waals surface area contributed by atoms with Crippen molar-refractivity contribution in [2.75, 3.05) is 12.8 Å². The number of rotatable bonds is 5. The number of aromatic nitrogens is 1. The summed E-state index contributed by atoms with van der Waals surface area (Å²) in [7, 11) is 0. The van der Waals surface area contributed by atoms with Crippen LogP contribution in [0.5, 0.6) is 0 Å². The molecule has 1 aliphatic carbocycles. The lowest BCUT2D eigenvalue weighted by Gasteiger charge is -2.12. The fraction of sp³-hybridized carbons (Fsp3) is 0.417. The van der Waals surface area contributed by atoms with Gasteiger partial charge in [0.05, 0.1) is 0 Å². The number of pyridine rings is 1. The maximum Gasteiger partial charge on any atom is 0.269 e. The Bertz CT molecular complexity index is 497. The number of hydrogen-bond donors (Lipinski definition) is 3. The molecule has 1 amide bonds. The highest BCUT2D eigenvalue weighted by Crippen LogP contribution is 2.46. The number of nitrogens with two attached hydrogens (primary N) is 1. The van der Waals surface area contributed by atoms with Crippen molar-refractivity contribution in [3.8, 4) is 0 Å². The molecule has 1 fully saturated rings. The lowest BCUT2D eigenvalue weighted by molar-refractivity contribution is 0.0948. The Morgan fingerprint density at radius 2 is 2.37 bits per heavy atom. The van der Waals surface area contributed by atoms with Crippen molar-refractivity contribution < 1.29 is 10.0 Å². The van der Waals surface area contributed by atoms with Crippen LogP contribution in [0.15, 0.2) is 23.5 Å². The Morgan fingerprint density at radius 1 is 1.63 bits per heavy atom.